The summed E-state index contributed by atoms with van der Waals surface area (Å²) in [6.45, 7) is 4.18. The zero-order valence-electron chi connectivity index (χ0n) is 17.6. The Morgan fingerprint density at radius 2 is 1.65 bits per heavy atom. The first-order valence-corrected chi connectivity index (χ1v) is 11.9. The molecule has 1 heterocycles. The van der Waals surface area contributed by atoms with E-state index in [2.05, 4.69) is 24.3 Å². The van der Waals surface area contributed by atoms with Gasteiger partial charge >= 0.3 is 7.60 Å². The third-order valence-corrected chi connectivity index (χ3v) is 6.71. The topological polar surface area (TPSA) is 74.4 Å². The van der Waals surface area contributed by atoms with Crippen molar-refractivity contribution in [2.24, 2.45) is 0 Å². The van der Waals surface area contributed by atoms with Crippen LogP contribution in [0.1, 0.15) is 19.5 Å². The Morgan fingerprint density at radius 1 is 0.903 bits per heavy atom. The van der Waals surface area contributed by atoms with Crippen LogP contribution < -0.4 is 5.73 Å². The highest BCUT2D eigenvalue weighted by atomic mass is 31.2. The normalized spacial score (nSPS) is 12.2. The smallest absolute Gasteiger partial charge is 0.354 e. The highest BCUT2D eigenvalue weighted by molar-refractivity contribution is 7.57. The van der Waals surface area contributed by atoms with E-state index in [0.717, 1.165) is 32.8 Å². The van der Waals surface area contributed by atoms with Crippen LogP contribution >= 0.6 is 7.60 Å². The molecule has 0 fully saturated rings. The van der Waals surface area contributed by atoms with Crippen LogP contribution in [0.4, 0.5) is 5.69 Å². The lowest BCUT2D eigenvalue weighted by Gasteiger charge is -2.13. The number of fused-ring (bicyclic) bond motifs is 2. The number of rotatable bonds is 7. The van der Waals surface area contributed by atoms with Gasteiger partial charge in [-0.1, -0.05) is 48.5 Å². The summed E-state index contributed by atoms with van der Waals surface area (Å²) in [5.74, 6) is 1.48. The molecule has 0 spiro atoms. The van der Waals surface area contributed by atoms with Crippen molar-refractivity contribution in [1.82, 2.24) is 4.98 Å². The summed E-state index contributed by atoms with van der Waals surface area (Å²) < 4.78 is 23.4. The number of benzene rings is 3. The third kappa shape index (κ3) is 4.54. The van der Waals surface area contributed by atoms with Gasteiger partial charge in [0.25, 0.3) is 0 Å². The highest BCUT2D eigenvalue weighted by Gasteiger charge is 2.19. The van der Waals surface area contributed by atoms with Crippen molar-refractivity contribution < 1.29 is 13.6 Å². The molecule has 1 aromatic heterocycles. The Morgan fingerprint density at radius 3 is 2.42 bits per heavy atom. The second kappa shape index (κ2) is 9.03. The molecule has 4 aromatic rings. The fraction of sp³-hybridized carbons (Fsp3) is 0.160. The van der Waals surface area contributed by atoms with Crippen molar-refractivity contribution >= 4 is 41.0 Å². The Kier molecular flexibility index (Phi) is 6.19. The summed E-state index contributed by atoms with van der Waals surface area (Å²) in [6.07, 6.45) is 1.69. The average Bonchev–Trinajstić information content (AvgIpc) is 2.77. The molecule has 0 saturated carbocycles. The van der Waals surface area contributed by atoms with Gasteiger partial charge in [-0.2, -0.15) is 0 Å². The number of nitrogens with zero attached hydrogens (tertiary/aromatic N) is 1. The van der Waals surface area contributed by atoms with Crippen molar-refractivity contribution in [3.05, 3.63) is 78.2 Å². The van der Waals surface area contributed by atoms with Crippen LogP contribution in [-0.2, 0) is 13.6 Å². The zero-order valence-corrected chi connectivity index (χ0v) is 18.5. The second-order valence-corrected chi connectivity index (χ2v) is 8.99. The van der Waals surface area contributed by atoms with Crippen LogP contribution in [-0.4, -0.2) is 18.2 Å². The van der Waals surface area contributed by atoms with Gasteiger partial charge < -0.3 is 14.8 Å². The van der Waals surface area contributed by atoms with Crippen molar-refractivity contribution in [2.45, 2.75) is 13.8 Å². The molecule has 5 nitrogen and oxygen atoms in total. The number of hydrogen-bond donors (Lipinski definition) is 1. The quantitative estimate of drug-likeness (QED) is 0.255. The van der Waals surface area contributed by atoms with Gasteiger partial charge in [0.2, 0.25) is 0 Å². The van der Waals surface area contributed by atoms with E-state index in [1.165, 1.54) is 5.82 Å². The van der Waals surface area contributed by atoms with E-state index in [-0.39, 0.29) is 0 Å². The molecular weight excluding hydrogens is 407 g/mol. The predicted octanol–water partition coefficient (Wildman–Crippen LogP) is 6.87. The van der Waals surface area contributed by atoms with Crippen LogP contribution in [0.15, 0.2) is 72.5 Å². The molecule has 6 heteroatoms. The van der Waals surface area contributed by atoms with Gasteiger partial charge in [-0.15, -0.1) is 0 Å². The molecule has 0 atom stereocenters. The van der Waals surface area contributed by atoms with Crippen molar-refractivity contribution in [2.75, 3.05) is 18.9 Å². The largest absolute Gasteiger partial charge is 0.399 e. The van der Waals surface area contributed by atoms with E-state index in [4.69, 9.17) is 19.8 Å². The minimum Gasteiger partial charge on any atom is -0.399 e. The molecule has 0 aliphatic heterocycles. The first-order chi connectivity index (χ1) is 15.0. The zero-order chi connectivity index (χ0) is 21.8. The van der Waals surface area contributed by atoms with Gasteiger partial charge in [0.05, 0.1) is 24.4 Å². The summed E-state index contributed by atoms with van der Waals surface area (Å²) >= 11 is 0. The molecule has 0 amide bonds. The maximum absolute atomic E-state index is 12.8. The third-order valence-electron chi connectivity index (χ3n) is 4.96. The first-order valence-electron chi connectivity index (χ1n) is 10.3. The molecule has 0 aliphatic rings. The van der Waals surface area contributed by atoms with E-state index in [1.807, 2.05) is 42.5 Å². The molecule has 158 valence electrons. The van der Waals surface area contributed by atoms with Crippen LogP contribution in [0.2, 0.25) is 0 Å². The number of pyridine rings is 1. The van der Waals surface area contributed by atoms with E-state index in [9.17, 15) is 4.57 Å². The summed E-state index contributed by atoms with van der Waals surface area (Å²) in [7, 11) is -3.30. The van der Waals surface area contributed by atoms with Gasteiger partial charge in [-0.3, -0.25) is 4.57 Å². The molecule has 0 unspecified atom stereocenters. The van der Waals surface area contributed by atoms with Crippen LogP contribution in [0.5, 0.6) is 0 Å². The monoisotopic (exact) mass is 432 g/mol. The molecule has 4 rings (SSSR count). The van der Waals surface area contributed by atoms with E-state index in [0.29, 0.717) is 24.6 Å². The minimum atomic E-state index is -3.30. The maximum atomic E-state index is 12.8. The SMILES string of the molecule is CCOP(=O)(C=Cc1ccc2cc(N)cc(-c3cccc4ccccc34)c2n1)OCC. The molecule has 0 bridgehead atoms. The lowest BCUT2D eigenvalue weighted by atomic mass is 9.95. The van der Waals surface area contributed by atoms with Gasteiger partial charge in [0.1, 0.15) is 0 Å². The van der Waals surface area contributed by atoms with Gasteiger partial charge in [-0.05, 0) is 54.5 Å². The van der Waals surface area contributed by atoms with E-state index < -0.39 is 7.60 Å². The fourth-order valence-corrected chi connectivity index (χ4v) is 4.98. The van der Waals surface area contributed by atoms with Gasteiger partial charge in [0.15, 0.2) is 0 Å². The molecule has 0 aliphatic carbocycles. The Balaban J connectivity index is 1.86. The first kappa shape index (κ1) is 21.3. The number of aromatic nitrogens is 1. The number of nitrogen functional groups attached to an aromatic ring is 1. The molecule has 2 N–H and O–H groups in total. The molecule has 0 radical (unpaired) electrons. The predicted molar refractivity (Wildman–Crippen MR) is 129 cm³/mol. The molecular formula is C25H25N2O3P. The van der Waals surface area contributed by atoms with Crippen LogP contribution in [0.25, 0.3) is 38.9 Å². The van der Waals surface area contributed by atoms with Crippen molar-refractivity contribution in [1.29, 1.82) is 0 Å². The maximum Gasteiger partial charge on any atom is 0.354 e. The molecule has 3 aromatic carbocycles. The second-order valence-electron chi connectivity index (χ2n) is 7.09. The van der Waals surface area contributed by atoms with Crippen molar-refractivity contribution in [3.63, 3.8) is 0 Å². The Bertz CT molecular complexity index is 1300. The summed E-state index contributed by atoms with van der Waals surface area (Å²) in [5, 5.41) is 3.23. The van der Waals surface area contributed by atoms with Gasteiger partial charge in [-0.25, -0.2) is 4.98 Å². The fourth-order valence-electron chi connectivity index (χ4n) is 3.68. The van der Waals surface area contributed by atoms with Crippen LogP contribution in [0.3, 0.4) is 0 Å². The number of nitrogens with two attached hydrogens (primary N) is 1. The highest BCUT2D eigenvalue weighted by Crippen LogP contribution is 2.50. The minimum absolute atomic E-state index is 0.303. The van der Waals surface area contributed by atoms with Crippen LogP contribution in [0, 0.1) is 0 Å². The average molecular weight is 432 g/mol. The number of anilines is 1. The van der Waals surface area contributed by atoms with E-state index in [1.54, 1.807) is 19.9 Å². The number of hydrogen-bond acceptors (Lipinski definition) is 5. The van der Waals surface area contributed by atoms with Gasteiger partial charge in [0, 0.05) is 22.5 Å². The molecule has 0 saturated heterocycles. The summed E-state index contributed by atoms with van der Waals surface area (Å²) in [4.78, 5) is 4.85. The standard InChI is InChI=1S/C25H25N2O3P/c1-3-29-31(28,30-4-2)15-14-21-13-12-19-16-20(26)17-24(25(19)27-21)23-11-7-9-18-8-5-6-10-22(18)23/h5-17H,3-4,26H2,1-2H3. The summed E-state index contributed by atoms with van der Waals surface area (Å²) in [6, 6.07) is 22.2. The van der Waals surface area contributed by atoms with Crippen molar-refractivity contribution in [3.8, 4) is 11.1 Å². The Labute approximate surface area is 182 Å². The lowest BCUT2D eigenvalue weighted by Crippen LogP contribution is -1.94. The lowest BCUT2D eigenvalue weighted by molar-refractivity contribution is 0.229. The Hall–Kier alpha value is -2.98. The van der Waals surface area contributed by atoms with E-state index >= 15 is 0 Å². The summed E-state index contributed by atoms with van der Waals surface area (Å²) in [5.41, 5.74) is 10.4. The molecule has 31 heavy (non-hydrogen) atoms.